The van der Waals surface area contributed by atoms with E-state index < -0.39 is 11.9 Å². The van der Waals surface area contributed by atoms with Gasteiger partial charge in [-0.1, -0.05) is 36.4 Å². The number of esters is 2. The first kappa shape index (κ1) is 20.4. The van der Waals surface area contributed by atoms with Crippen molar-refractivity contribution in [1.29, 1.82) is 0 Å². The standard InChI is InChI=1S/C22H17N3O5S/c1-2-29-22(28)19-23-14(13-31-19)12-30-21(27)18-16-10-6-7-11-17(16)20(26)25(24-18)15-8-4-3-5-9-15/h3-11,13H,2,12H2,1H3. The largest absolute Gasteiger partial charge is 0.461 e. The van der Waals surface area contributed by atoms with Crippen LogP contribution < -0.4 is 5.56 Å². The summed E-state index contributed by atoms with van der Waals surface area (Å²) in [4.78, 5) is 41.6. The van der Waals surface area contributed by atoms with Crippen LogP contribution in [0.5, 0.6) is 0 Å². The molecule has 9 heteroatoms. The van der Waals surface area contributed by atoms with E-state index in [1.807, 2.05) is 6.07 Å². The number of ether oxygens (including phenoxy) is 2. The molecule has 2 aromatic carbocycles. The Kier molecular flexibility index (Phi) is 5.85. The molecule has 4 rings (SSSR count). The molecule has 0 fully saturated rings. The third kappa shape index (κ3) is 4.22. The zero-order valence-electron chi connectivity index (χ0n) is 16.5. The summed E-state index contributed by atoms with van der Waals surface area (Å²) >= 11 is 1.11. The number of fused-ring (bicyclic) bond motifs is 1. The lowest BCUT2D eigenvalue weighted by Gasteiger charge is -2.10. The maximum Gasteiger partial charge on any atom is 0.367 e. The second kappa shape index (κ2) is 8.88. The van der Waals surface area contributed by atoms with Crippen LogP contribution in [-0.2, 0) is 16.1 Å². The maximum absolute atomic E-state index is 12.9. The fourth-order valence-corrected chi connectivity index (χ4v) is 3.65. The Morgan fingerprint density at radius 3 is 2.42 bits per heavy atom. The monoisotopic (exact) mass is 435 g/mol. The highest BCUT2D eigenvalue weighted by molar-refractivity contribution is 7.11. The lowest BCUT2D eigenvalue weighted by Crippen LogP contribution is -2.25. The molecule has 31 heavy (non-hydrogen) atoms. The minimum absolute atomic E-state index is 0.0138. The summed E-state index contributed by atoms with van der Waals surface area (Å²) in [7, 11) is 0. The van der Waals surface area contributed by atoms with Gasteiger partial charge in [-0.3, -0.25) is 4.79 Å². The Balaban J connectivity index is 1.64. The van der Waals surface area contributed by atoms with E-state index >= 15 is 0 Å². The summed E-state index contributed by atoms with van der Waals surface area (Å²) in [5.41, 5.74) is 0.629. The van der Waals surface area contributed by atoms with E-state index in [0.717, 1.165) is 11.3 Å². The van der Waals surface area contributed by atoms with Gasteiger partial charge in [-0.15, -0.1) is 11.3 Å². The summed E-state index contributed by atoms with van der Waals surface area (Å²) in [6, 6.07) is 15.6. The van der Waals surface area contributed by atoms with Crippen molar-refractivity contribution in [3.05, 3.63) is 86.7 Å². The normalized spacial score (nSPS) is 10.7. The van der Waals surface area contributed by atoms with Crippen molar-refractivity contribution in [2.45, 2.75) is 13.5 Å². The van der Waals surface area contributed by atoms with Gasteiger partial charge < -0.3 is 9.47 Å². The van der Waals surface area contributed by atoms with E-state index in [4.69, 9.17) is 9.47 Å². The van der Waals surface area contributed by atoms with E-state index in [-0.39, 0.29) is 29.5 Å². The summed E-state index contributed by atoms with van der Waals surface area (Å²) in [5, 5.41) is 6.84. The van der Waals surface area contributed by atoms with Crippen molar-refractivity contribution in [2.24, 2.45) is 0 Å². The Hall–Kier alpha value is -3.85. The zero-order valence-corrected chi connectivity index (χ0v) is 17.3. The SMILES string of the molecule is CCOC(=O)c1nc(COC(=O)c2nn(-c3ccccc3)c(=O)c3ccccc23)cs1. The van der Waals surface area contributed by atoms with Crippen LogP contribution in [0, 0.1) is 0 Å². The van der Waals surface area contributed by atoms with Crippen molar-refractivity contribution in [1.82, 2.24) is 14.8 Å². The molecule has 156 valence electrons. The molecular formula is C22H17N3O5S. The average Bonchev–Trinajstić information content (AvgIpc) is 3.28. The average molecular weight is 435 g/mol. The Bertz CT molecular complexity index is 1310. The number of rotatable bonds is 6. The summed E-state index contributed by atoms with van der Waals surface area (Å²) < 4.78 is 11.5. The molecule has 0 saturated carbocycles. The Morgan fingerprint density at radius 1 is 0.968 bits per heavy atom. The fourth-order valence-electron chi connectivity index (χ4n) is 2.95. The number of hydrogen-bond acceptors (Lipinski definition) is 8. The second-order valence-electron chi connectivity index (χ2n) is 6.39. The molecule has 0 aliphatic heterocycles. The van der Waals surface area contributed by atoms with Crippen molar-refractivity contribution in [3.8, 4) is 5.69 Å². The maximum atomic E-state index is 12.9. The molecule has 0 radical (unpaired) electrons. The number of thiazole rings is 1. The first-order valence-electron chi connectivity index (χ1n) is 9.44. The predicted octanol–water partition coefficient (Wildman–Crippen LogP) is 3.38. The molecule has 2 heterocycles. The fraction of sp³-hybridized carbons (Fsp3) is 0.136. The highest BCUT2D eigenvalue weighted by Gasteiger charge is 2.20. The van der Waals surface area contributed by atoms with E-state index in [1.165, 1.54) is 4.68 Å². The summed E-state index contributed by atoms with van der Waals surface area (Å²) in [6.07, 6.45) is 0. The van der Waals surface area contributed by atoms with Crippen molar-refractivity contribution in [3.63, 3.8) is 0 Å². The number of hydrogen-bond donors (Lipinski definition) is 0. The minimum Gasteiger partial charge on any atom is -0.461 e. The molecule has 0 N–H and O–H groups in total. The van der Waals surface area contributed by atoms with Gasteiger partial charge in [0.25, 0.3) is 5.56 Å². The molecule has 0 saturated heterocycles. The molecule has 4 aromatic rings. The third-order valence-corrected chi connectivity index (χ3v) is 5.22. The quantitative estimate of drug-likeness (QED) is 0.428. The second-order valence-corrected chi connectivity index (χ2v) is 7.25. The Morgan fingerprint density at radius 2 is 1.68 bits per heavy atom. The van der Waals surface area contributed by atoms with Gasteiger partial charge in [-0.25, -0.2) is 14.6 Å². The van der Waals surface area contributed by atoms with E-state index in [1.54, 1.807) is 60.8 Å². The van der Waals surface area contributed by atoms with E-state index in [9.17, 15) is 14.4 Å². The first-order valence-corrected chi connectivity index (χ1v) is 10.3. The van der Waals surface area contributed by atoms with Gasteiger partial charge in [0.05, 0.1) is 23.4 Å². The molecule has 0 unspecified atom stereocenters. The van der Waals surface area contributed by atoms with Crippen molar-refractivity contribution in [2.75, 3.05) is 6.61 Å². The van der Waals surface area contributed by atoms with Gasteiger partial charge >= 0.3 is 11.9 Å². The van der Waals surface area contributed by atoms with Gasteiger partial charge in [0.2, 0.25) is 5.01 Å². The zero-order chi connectivity index (χ0) is 21.8. The minimum atomic E-state index is -0.702. The summed E-state index contributed by atoms with van der Waals surface area (Å²) in [5.74, 6) is -1.22. The number of benzene rings is 2. The van der Waals surface area contributed by atoms with E-state index in [0.29, 0.717) is 22.2 Å². The van der Waals surface area contributed by atoms with Crippen molar-refractivity contribution < 1.29 is 19.1 Å². The Labute approximate surface area is 180 Å². The van der Waals surface area contributed by atoms with Crippen molar-refractivity contribution >= 4 is 34.0 Å². The van der Waals surface area contributed by atoms with Crippen LogP contribution in [0.25, 0.3) is 16.5 Å². The number of carbonyl (C=O) groups excluding carboxylic acids is 2. The van der Waals surface area contributed by atoms with Gasteiger partial charge in [0.1, 0.15) is 6.61 Å². The van der Waals surface area contributed by atoms with Crippen LogP contribution in [0.15, 0.2) is 64.8 Å². The topological polar surface area (TPSA) is 100 Å². The molecule has 0 aliphatic rings. The smallest absolute Gasteiger partial charge is 0.367 e. The number of para-hydroxylation sites is 1. The van der Waals surface area contributed by atoms with Crippen LogP contribution in [0.3, 0.4) is 0 Å². The van der Waals surface area contributed by atoms with Crippen LogP contribution >= 0.6 is 11.3 Å². The van der Waals surface area contributed by atoms with Gasteiger partial charge in [-0.05, 0) is 25.1 Å². The molecule has 0 aliphatic carbocycles. The van der Waals surface area contributed by atoms with Crippen LogP contribution in [0.4, 0.5) is 0 Å². The molecule has 0 atom stereocenters. The number of carbonyl (C=O) groups is 2. The molecular weight excluding hydrogens is 418 g/mol. The number of nitrogens with zero attached hydrogens (tertiary/aromatic N) is 3. The van der Waals surface area contributed by atoms with Crippen LogP contribution in [0.1, 0.15) is 32.9 Å². The van der Waals surface area contributed by atoms with E-state index in [2.05, 4.69) is 10.1 Å². The molecule has 0 bridgehead atoms. The first-order chi connectivity index (χ1) is 15.1. The van der Waals surface area contributed by atoms with Gasteiger partial charge in [0, 0.05) is 10.8 Å². The molecule has 8 nitrogen and oxygen atoms in total. The van der Waals surface area contributed by atoms with Gasteiger partial charge in [0.15, 0.2) is 5.69 Å². The third-order valence-electron chi connectivity index (χ3n) is 4.35. The van der Waals surface area contributed by atoms with Gasteiger partial charge in [-0.2, -0.15) is 9.78 Å². The van der Waals surface area contributed by atoms with Crippen LogP contribution in [-0.4, -0.2) is 33.3 Å². The highest BCUT2D eigenvalue weighted by Crippen LogP contribution is 2.17. The molecule has 0 amide bonds. The lowest BCUT2D eigenvalue weighted by molar-refractivity contribution is 0.0461. The number of aromatic nitrogens is 3. The summed E-state index contributed by atoms with van der Waals surface area (Å²) in [6.45, 7) is 1.81. The highest BCUT2D eigenvalue weighted by atomic mass is 32.1. The molecule has 2 aromatic heterocycles. The lowest BCUT2D eigenvalue weighted by atomic mass is 10.1. The predicted molar refractivity (Wildman–Crippen MR) is 115 cm³/mol. The molecule has 0 spiro atoms. The van der Waals surface area contributed by atoms with Crippen LogP contribution in [0.2, 0.25) is 0 Å².